The number of nitrogens with one attached hydrogen (secondary N) is 1. The van der Waals surface area contributed by atoms with Gasteiger partial charge in [0.25, 0.3) is 5.69 Å². The van der Waals surface area contributed by atoms with Gasteiger partial charge in [0.1, 0.15) is 0 Å². The molecule has 0 aromatic heterocycles. The zero-order valence-electron chi connectivity index (χ0n) is 12.6. The molecule has 4 aliphatic carbocycles. The summed E-state index contributed by atoms with van der Waals surface area (Å²) in [6.07, 6.45) is 6.43. The minimum Gasteiger partial charge on any atom is -0.390 e. The van der Waals surface area contributed by atoms with Gasteiger partial charge in [-0.3, -0.25) is 10.1 Å². The Morgan fingerprint density at radius 3 is 2.36 bits per heavy atom. The average Bonchev–Trinajstić information content (AvgIpc) is 2.43. The summed E-state index contributed by atoms with van der Waals surface area (Å²) in [5.41, 5.74) is 0.814. The van der Waals surface area contributed by atoms with Crippen molar-refractivity contribution in [2.24, 2.45) is 11.8 Å². The topological polar surface area (TPSA) is 75.4 Å². The molecule has 118 valence electrons. The van der Waals surface area contributed by atoms with Gasteiger partial charge in [0.15, 0.2) is 0 Å². The number of nitro benzene ring substituents is 1. The van der Waals surface area contributed by atoms with E-state index in [2.05, 4.69) is 5.32 Å². The number of nitrogens with zero attached hydrogens (tertiary/aromatic N) is 1. The molecule has 1 aromatic carbocycles. The lowest BCUT2D eigenvalue weighted by molar-refractivity contribution is -0.384. The number of hydrogen-bond donors (Lipinski definition) is 2. The van der Waals surface area contributed by atoms with E-state index in [-0.39, 0.29) is 16.1 Å². The second-order valence-corrected chi connectivity index (χ2v) is 7.74. The summed E-state index contributed by atoms with van der Waals surface area (Å²) >= 11 is 0. The third-order valence-corrected chi connectivity index (χ3v) is 5.84. The first-order chi connectivity index (χ1) is 10.5. The first-order valence-corrected chi connectivity index (χ1v) is 8.16. The quantitative estimate of drug-likeness (QED) is 0.662. The summed E-state index contributed by atoms with van der Waals surface area (Å²) < 4.78 is 0. The van der Waals surface area contributed by atoms with E-state index in [1.165, 1.54) is 19.3 Å². The lowest BCUT2D eigenvalue weighted by Crippen LogP contribution is -2.64. The van der Waals surface area contributed by atoms with Crippen LogP contribution in [0.1, 0.15) is 44.1 Å². The largest absolute Gasteiger partial charge is 0.390 e. The van der Waals surface area contributed by atoms with Crippen LogP contribution in [0.2, 0.25) is 0 Å². The van der Waals surface area contributed by atoms with Gasteiger partial charge in [0, 0.05) is 24.2 Å². The van der Waals surface area contributed by atoms with E-state index in [9.17, 15) is 15.2 Å². The van der Waals surface area contributed by atoms with E-state index in [1.54, 1.807) is 12.1 Å². The summed E-state index contributed by atoms with van der Waals surface area (Å²) in [6, 6.07) is 6.76. The molecule has 1 aromatic rings. The van der Waals surface area contributed by atoms with Crippen LogP contribution in [-0.2, 0) is 6.54 Å². The molecule has 22 heavy (non-hydrogen) atoms. The molecule has 0 aliphatic heterocycles. The van der Waals surface area contributed by atoms with Gasteiger partial charge in [0.05, 0.1) is 10.5 Å². The van der Waals surface area contributed by atoms with Gasteiger partial charge in [-0.2, -0.15) is 0 Å². The summed E-state index contributed by atoms with van der Waals surface area (Å²) in [6.45, 7) is 0.716. The molecule has 0 saturated heterocycles. The molecule has 0 amide bonds. The van der Waals surface area contributed by atoms with Crippen molar-refractivity contribution in [3.8, 4) is 0 Å². The predicted octanol–water partition coefficient (Wildman–Crippen LogP) is 2.77. The maximum atomic E-state index is 10.7. The van der Waals surface area contributed by atoms with Gasteiger partial charge >= 0.3 is 0 Å². The van der Waals surface area contributed by atoms with Gasteiger partial charge in [-0.15, -0.1) is 0 Å². The van der Waals surface area contributed by atoms with Crippen LogP contribution in [-0.4, -0.2) is 21.2 Å². The van der Waals surface area contributed by atoms with Crippen LogP contribution < -0.4 is 5.32 Å². The van der Waals surface area contributed by atoms with Crippen LogP contribution in [0.5, 0.6) is 0 Å². The highest BCUT2D eigenvalue weighted by molar-refractivity contribution is 5.33. The molecule has 4 fully saturated rings. The highest BCUT2D eigenvalue weighted by Crippen LogP contribution is 2.57. The highest BCUT2D eigenvalue weighted by atomic mass is 16.6. The van der Waals surface area contributed by atoms with Gasteiger partial charge in [0.2, 0.25) is 0 Å². The Morgan fingerprint density at radius 2 is 1.82 bits per heavy atom. The number of hydrogen-bond acceptors (Lipinski definition) is 4. The molecular weight excluding hydrogens is 280 g/mol. The molecule has 0 heterocycles. The third kappa shape index (κ3) is 2.42. The molecule has 5 nitrogen and oxygen atoms in total. The Labute approximate surface area is 129 Å². The molecule has 4 bridgehead atoms. The number of nitro groups is 1. The van der Waals surface area contributed by atoms with Crippen molar-refractivity contribution in [3.63, 3.8) is 0 Å². The van der Waals surface area contributed by atoms with Crippen LogP contribution in [0.3, 0.4) is 0 Å². The summed E-state index contributed by atoms with van der Waals surface area (Å²) in [4.78, 5) is 10.3. The van der Waals surface area contributed by atoms with Gasteiger partial charge in [-0.05, 0) is 55.9 Å². The zero-order valence-corrected chi connectivity index (χ0v) is 12.6. The standard InChI is InChI=1S/C17H22N2O3/c20-17-8-13-5-14(9-17)7-16(6-13,11-17)18-10-12-1-3-15(4-2-12)19(21)22/h1-4,13-14,18,20H,5-11H2. The van der Waals surface area contributed by atoms with Crippen molar-refractivity contribution in [2.75, 3.05) is 0 Å². The number of aliphatic hydroxyl groups is 1. The number of non-ortho nitro benzene ring substituents is 1. The number of rotatable bonds is 4. The SMILES string of the molecule is O=[N+]([O-])c1ccc(CNC23CC4CC(CC(O)(C4)C2)C3)cc1. The molecule has 2 unspecified atom stereocenters. The van der Waals surface area contributed by atoms with Crippen LogP contribution in [0, 0.1) is 22.0 Å². The minimum atomic E-state index is -0.452. The van der Waals surface area contributed by atoms with Crippen molar-refractivity contribution < 1.29 is 10.0 Å². The van der Waals surface area contributed by atoms with Crippen molar-refractivity contribution in [1.82, 2.24) is 5.32 Å². The van der Waals surface area contributed by atoms with E-state index in [0.29, 0.717) is 18.4 Å². The fourth-order valence-corrected chi connectivity index (χ4v) is 5.45. The lowest BCUT2D eigenvalue weighted by Gasteiger charge is -2.60. The smallest absolute Gasteiger partial charge is 0.269 e. The summed E-state index contributed by atoms with van der Waals surface area (Å²) in [5.74, 6) is 1.33. The monoisotopic (exact) mass is 302 g/mol. The van der Waals surface area contributed by atoms with Gasteiger partial charge in [-0.1, -0.05) is 12.1 Å². The molecule has 2 N–H and O–H groups in total. The van der Waals surface area contributed by atoms with E-state index < -0.39 is 5.60 Å². The normalized spacial score (nSPS) is 39.1. The van der Waals surface area contributed by atoms with Gasteiger partial charge in [-0.25, -0.2) is 0 Å². The zero-order chi connectivity index (χ0) is 15.4. The van der Waals surface area contributed by atoms with Crippen molar-refractivity contribution in [2.45, 2.75) is 56.2 Å². The van der Waals surface area contributed by atoms with E-state index >= 15 is 0 Å². The number of benzene rings is 1. The minimum absolute atomic E-state index is 0.0700. The molecule has 5 heteroatoms. The molecular formula is C17H22N2O3. The second-order valence-electron chi connectivity index (χ2n) is 7.74. The van der Waals surface area contributed by atoms with E-state index in [1.807, 2.05) is 12.1 Å². The third-order valence-electron chi connectivity index (χ3n) is 5.84. The van der Waals surface area contributed by atoms with Crippen LogP contribution >= 0.6 is 0 Å². The molecule has 4 saturated carbocycles. The Hall–Kier alpha value is -1.46. The van der Waals surface area contributed by atoms with Crippen molar-refractivity contribution in [1.29, 1.82) is 0 Å². The second kappa shape index (κ2) is 4.77. The first kappa shape index (κ1) is 14.2. The maximum absolute atomic E-state index is 10.7. The Balaban J connectivity index is 1.46. The Kier molecular flexibility index (Phi) is 3.07. The average molecular weight is 302 g/mol. The maximum Gasteiger partial charge on any atom is 0.269 e. The van der Waals surface area contributed by atoms with Crippen molar-refractivity contribution >= 4 is 5.69 Å². The van der Waals surface area contributed by atoms with Crippen LogP contribution in [0.25, 0.3) is 0 Å². The summed E-state index contributed by atoms with van der Waals surface area (Å²) in [7, 11) is 0. The van der Waals surface area contributed by atoms with Crippen LogP contribution in [0.15, 0.2) is 24.3 Å². The molecule has 4 aliphatic rings. The fraction of sp³-hybridized carbons (Fsp3) is 0.647. The van der Waals surface area contributed by atoms with E-state index in [4.69, 9.17) is 0 Å². The highest BCUT2D eigenvalue weighted by Gasteiger charge is 2.56. The van der Waals surface area contributed by atoms with Gasteiger partial charge < -0.3 is 10.4 Å². The molecule has 5 rings (SSSR count). The Bertz CT molecular complexity index is 584. The molecule has 2 atom stereocenters. The fourth-order valence-electron chi connectivity index (χ4n) is 5.45. The van der Waals surface area contributed by atoms with E-state index in [0.717, 1.165) is 24.8 Å². The lowest BCUT2D eigenvalue weighted by atomic mass is 9.51. The Morgan fingerprint density at radius 1 is 1.18 bits per heavy atom. The van der Waals surface area contributed by atoms with Crippen LogP contribution in [0.4, 0.5) is 5.69 Å². The molecule has 0 spiro atoms. The summed E-state index contributed by atoms with van der Waals surface area (Å²) in [5, 5.41) is 25.1. The van der Waals surface area contributed by atoms with Crippen molar-refractivity contribution in [3.05, 3.63) is 39.9 Å². The predicted molar refractivity (Wildman–Crippen MR) is 82.3 cm³/mol. The molecule has 0 radical (unpaired) electrons. The first-order valence-electron chi connectivity index (χ1n) is 8.16.